The lowest BCUT2D eigenvalue weighted by Crippen LogP contribution is -2.03. The van der Waals surface area contributed by atoms with Crippen LogP contribution >= 0.6 is 0 Å². The van der Waals surface area contributed by atoms with Gasteiger partial charge in [-0.2, -0.15) is 0 Å². The molecule has 0 unspecified atom stereocenters. The molecule has 0 radical (unpaired) electrons. The van der Waals surface area contributed by atoms with E-state index in [2.05, 4.69) is 25.4 Å². The van der Waals surface area contributed by atoms with Crippen molar-refractivity contribution in [1.29, 1.82) is 0 Å². The summed E-state index contributed by atoms with van der Waals surface area (Å²) in [6.45, 7) is 1.96. The Kier molecular flexibility index (Phi) is 2.53. The highest BCUT2D eigenvalue weighted by atomic mass is 15.3. The van der Waals surface area contributed by atoms with E-state index < -0.39 is 0 Å². The zero-order valence-electron chi connectivity index (χ0n) is 11.6. The normalized spacial score (nSPS) is 14.5. The van der Waals surface area contributed by atoms with Crippen molar-refractivity contribution in [2.75, 3.05) is 11.1 Å². The van der Waals surface area contributed by atoms with Gasteiger partial charge in [-0.15, -0.1) is 5.10 Å². The van der Waals surface area contributed by atoms with Gasteiger partial charge in [0, 0.05) is 24.5 Å². The number of rotatable bonds is 3. The Morgan fingerprint density at radius 3 is 2.95 bits per heavy atom. The van der Waals surface area contributed by atoms with Gasteiger partial charge in [-0.1, -0.05) is 0 Å². The molecule has 0 bridgehead atoms. The van der Waals surface area contributed by atoms with Crippen LogP contribution in [0.4, 0.5) is 11.6 Å². The smallest absolute Gasteiger partial charge is 0.166 e. The Balaban J connectivity index is 1.83. The molecule has 4 rings (SSSR count). The lowest BCUT2D eigenvalue weighted by Gasteiger charge is -2.05. The Morgan fingerprint density at radius 1 is 1.29 bits per heavy atom. The molecule has 7 nitrogen and oxygen atoms in total. The highest BCUT2D eigenvalue weighted by molar-refractivity contribution is 5.84. The molecule has 106 valence electrons. The molecule has 1 aliphatic rings. The number of nitrogens with one attached hydrogen (secondary N) is 1. The van der Waals surface area contributed by atoms with Crippen LogP contribution in [0.1, 0.15) is 18.4 Å². The second-order valence-electron chi connectivity index (χ2n) is 5.37. The first-order chi connectivity index (χ1) is 10.2. The number of nitrogens with two attached hydrogens (primary N) is 1. The van der Waals surface area contributed by atoms with Gasteiger partial charge in [-0.3, -0.25) is 0 Å². The minimum Gasteiger partial charge on any atom is -0.382 e. The first-order valence-electron chi connectivity index (χ1n) is 6.90. The molecule has 21 heavy (non-hydrogen) atoms. The minimum absolute atomic E-state index is 0.421. The van der Waals surface area contributed by atoms with E-state index in [1.165, 1.54) is 19.2 Å². The maximum absolute atomic E-state index is 6.05. The fraction of sp³-hybridized carbons (Fsp3) is 0.286. The van der Waals surface area contributed by atoms with Gasteiger partial charge in [0.25, 0.3) is 0 Å². The third-order valence-electron chi connectivity index (χ3n) is 3.48. The van der Waals surface area contributed by atoms with Crippen molar-refractivity contribution in [3.63, 3.8) is 0 Å². The highest BCUT2D eigenvalue weighted by Crippen LogP contribution is 2.30. The Bertz CT molecular complexity index is 819. The van der Waals surface area contributed by atoms with Crippen molar-refractivity contribution in [1.82, 2.24) is 24.6 Å². The number of anilines is 2. The van der Waals surface area contributed by atoms with Crippen LogP contribution in [0.2, 0.25) is 0 Å². The second kappa shape index (κ2) is 4.41. The number of nitrogen functional groups attached to an aromatic ring is 1. The van der Waals surface area contributed by atoms with Crippen LogP contribution in [0.3, 0.4) is 0 Å². The van der Waals surface area contributed by atoms with Crippen LogP contribution in [0, 0.1) is 6.92 Å². The number of hydrogen-bond acceptors (Lipinski definition) is 6. The molecule has 0 atom stereocenters. The summed E-state index contributed by atoms with van der Waals surface area (Å²) in [5, 5.41) is 7.66. The molecule has 1 aliphatic carbocycles. The monoisotopic (exact) mass is 281 g/mol. The van der Waals surface area contributed by atoms with Crippen LogP contribution in [0.25, 0.3) is 16.9 Å². The SMILES string of the molecule is Cc1cnc2c(-c3cc(NC4CC4)ncn3)c(N)nn2c1. The fourth-order valence-electron chi connectivity index (χ4n) is 2.30. The van der Waals surface area contributed by atoms with Crippen LogP contribution in [-0.2, 0) is 0 Å². The zero-order valence-corrected chi connectivity index (χ0v) is 11.6. The van der Waals surface area contributed by atoms with Crippen LogP contribution in [0.15, 0.2) is 24.8 Å². The van der Waals surface area contributed by atoms with E-state index in [0.29, 0.717) is 17.5 Å². The summed E-state index contributed by atoms with van der Waals surface area (Å²) >= 11 is 0. The van der Waals surface area contributed by atoms with Gasteiger partial charge in [0.05, 0.1) is 11.3 Å². The summed E-state index contributed by atoms with van der Waals surface area (Å²) in [4.78, 5) is 13.0. The largest absolute Gasteiger partial charge is 0.382 e. The predicted octanol–water partition coefficient (Wildman–Crippen LogP) is 1.65. The van der Waals surface area contributed by atoms with Crippen molar-refractivity contribution < 1.29 is 0 Å². The number of nitrogens with zero attached hydrogens (tertiary/aromatic N) is 5. The summed E-state index contributed by atoms with van der Waals surface area (Å²) in [6, 6.07) is 2.43. The first kappa shape index (κ1) is 12.1. The van der Waals surface area contributed by atoms with E-state index in [0.717, 1.165) is 22.6 Å². The maximum atomic E-state index is 6.05. The van der Waals surface area contributed by atoms with E-state index in [-0.39, 0.29) is 0 Å². The molecule has 1 saturated carbocycles. The Morgan fingerprint density at radius 2 is 2.14 bits per heavy atom. The summed E-state index contributed by atoms with van der Waals surface area (Å²) < 4.78 is 1.69. The van der Waals surface area contributed by atoms with Crippen LogP contribution < -0.4 is 11.1 Å². The van der Waals surface area contributed by atoms with Crippen molar-refractivity contribution in [2.24, 2.45) is 0 Å². The lowest BCUT2D eigenvalue weighted by atomic mass is 10.2. The van der Waals surface area contributed by atoms with Crippen LogP contribution in [-0.4, -0.2) is 30.6 Å². The minimum atomic E-state index is 0.421. The average molecular weight is 281 g/mol. The predicted molar refractivity (Wildman–Crippen MR) is 79.8 cm³/mol. The molecule has 3 aromatic heterocycles. The molecule has 3 N–H and O–H groups in total. The third-order valence-corrected chi connectivity index (χ3v) is 3.48. The van der Waals surface area contributed by atoms with Gasteiger partial charge >= 0.3 is 0 Å². The highest BCUT2D eigenvalue weighted by Gasteiger charge is 2.22. The number of hydrogen-bond donors (Lipinski definition) is 2. The fourth-order valence-corrected chi connectivity index (χ4v) is 2.30. The molecule has 1 fully saturated rings. The molecular weight excluding hydrogens is 266 g/mol. The summed E-state index contributed by atoms with van der Waals surface area (Å²) in [5.74, 6) is 1.23. The molecular formula is C14H15N7. The molecule has 3 aromatic rings. The molecule has 0 aromatic carbocycles. The number of aryl methyl sites for hydroxylation is 1. The molecule has 0 spiro atoms. The topological polar surface area (TPSA) is 94.0 Å². The van der Waals surface area contributed by atoms with Crippen LogP contribution in [0.5, 0.6) is 0 Å². The van der Waals surface area contributed by atoms with E-state index >= 15 is 0 Å². The van der Waals surface area contributed by atoms with E-state index in [1.807, 2.05) is 19.2 Å². The molecule has 0 saturated heterocycles. The van der Waals surface area contributed by atoms with Gasteiger partial charge in [-0.05, 0) is 25.3 Å². The summed E-state index contributed by atoms with van der Waals surface area (Å²) in [6.07, 6.45) is 7.62. The molecule has 0 aliphatic heterocycles. The quantitative estimate of drug-likeness (QED) is 0.758. The standard InChI is InChI=1S/C14H15N7/c1-8-5-16-14-12(13(15)20-21(14)6-8)10-4-11(18-7-17-10)19-9-2-3-9/h4-7,9H,2-3H2,1H3,(H2,15,20)(H,17,18,19). The van der Waals surface area contributed by atoms with Gasteiger partial charge in [0.15, 0.2) is 11.5 Å². The average Bonchev–Trinajstić information content (AvgIpc) is 3.20. The number of fused-ring (bicyclic) bond motifs is 1. The van der Waals surface area contributed by atoms with Crippen molar-refractivity contribution in [3.05, 3.63) is 30.4 Å². The van der Waals surface area contributed by atoms with E-state index in [9.17, 15) is 0 Å². The number of aromatic nitrogens is 5. The summed E-state index contributed by atoms with van der Waals surface area (Å²) in [5.41, 5.74) is 9.25. The Hall–Kier alpha value is -2.70. The molecule has 0 amide bonds. The molecule has 7 heteroatoms. The Labute approximate surface area is 121 Å². The molecule has 3 heterocycles. The van der Waals surface area contributed by atoms with Gasteiger partial charge < -0.3 is 11.1 Å². The van der Waals surface area contributed by atoms with Crippen molar-refractivity contribution in [2.45, 2.75) is 25.8 Å². The third kappa shape index (κ3) is 2.16. The van der Waals surface area contributed by atoms with E-state index in [1.54, 1.807) is 10.7 Å². The zero-order chi connectivity index (χ0) is 14.4. The van der Waals surface area contributed by atoms with Gasteiger partial charge in [0.2, 0.25) is 0 Å². The van der Waals surface area contributed by atoms with Gasteiger partial charge in [-0.25, -0.2) is 19.5 Å². The van der Waals surface area contributed by atoms with Crippen molar-refractivity contribution in [3.8, 4) is 11.3 Å². The second-order valence-corrected chi connectivity index (χ2v) is 5.37. The van der Waals surface area contributed by atoms with Gasteiger partial charge in [0.1, 0.15) is 12.1 Å². The summed E-state index contributed by atoms with van der Waals surface area (Å²) in [7, 11) is 0. The van der Waals surface area contributed by atoms with Crippen molar-refractivity contribution >= 4 is 17.3 Å². The van der Waals surface area contributed by atoms with E-state index in [4.69, 9.17) is 5.73 Å². The lowest BCUT2D eigenvalue weighted by molar-refractivity contribution is 0.933. The first-order valence-corrected chi connectivity index (χ1v) is 6.90. The maximum Gasteiger partial charge on any atom is 0.166 e.